The number of ether oxygens (including phenoxy) is 1. The number of carbonyl (C=O) groups excluding carboxylic acids is 1. The number of alkyl carbamates (subject to hydrolysis) is 1. The Hall–Kier alpha value is -1.16. The minimum atomic E-state index is -0.328. The van der Waals surface area contributed by atoms with Crippen molar-refractivity contribution in [2.75, 3.05) is 6.61 Å². The van der Waals surface area contributed by atoms with Crippen LogP contribution in [0.2, 0.25) is 0 Å². The molecule has 1 N–H and O–H groups in total. The van der Waals surface area contributed by atoms with Crippen LogP contribution >= 0.6 is 11.8 Å². The van der Waals surface area contributed by atoms with Crippen molar-refractivity contribution in [3.63, 3.8) is 0 Å². The SMILES string of the molecule is CC(C)(C)Sc1ccccc1[C@H]1COC(=O)N1. The zero-order valence-corrected chi connectivity index (χ0v) is 11.1. The number of hydrogen-bond acceptors (Lipinski definition) is 3. The standard InChI is InChI=1S/C13H17NO2S/c1-13(2,3)17-11-7-5-4-6-9(11)10-8-16-12(15)14-10/h4-7,10H,8H2,1-3H3,(H,14,15)/t10-/m1/s1. The summed E-state index contributed by atoms with van der Waals surface area (Å²) in [6.45, 7) is 6.95. The van der Waals surface area contributed by atoms with Crippen LogP contribution in [0.4, 0.5) is 4.79 Å². The molecule has 2 rings (SSSR count). The molecule has 1 aromatic carbocycles. The molecule has 4 heteroatoms. The Bertz CT molecular complexity index is 426. The fourth-order valence-corrected chi connectivity index (χ4v) is 2.88. The number of benzene rings is 1. The van der Waals surface area contributed by atoms with Crippen molar-refractivity contribution in [1.29, 1.82) is 0 Å². The molecule has 0 aliphatic carbocycles. The lowest BCUT2D eigenvalue weighted by atomic mass is 10.1. The summed E-state index contributed by atoms with van der Waals surface area (Å²) < 4.78 is 5.10. The minimum Gasteiger partial charge on any atom is -0.447 e. The topological polar surface area (TPSA) is 38.3 Å². The average Bonchev–Trinajstić information content (AvgIpc) is 2.63. The molecule has 1 aliphatic heterocycles. The first-order valence-electron chi connectivity index (χ1n) is 5.67. The fourth-order valence-electron chi connectivity index (χ4n) is 1.74. The largest absolute Gasteiger partial charge is 0.447 e. The molecule has 0 spiro atoms. The maximum Gasteiger partial charge on any atom is 0.407 e. The van der Waals surface area contributed by atoms with E-state index < -0.39 is 0 Å². The highest BCUT2D eigenvalue weighted by atomic mass is 32.2. The summed E-state index contributed by atoms with van der Waals surface area (Å²) >= 11 is 1.81. The molecule has 3 nitrogen and oxygen atoms in total. The van der Waals surface area contributed by atoms with Gasteiger partial charge in [0, 0.05) is 9.64 Å². The monoisotopic (exact) mass is 251 g/mol. The lowest BCUT2D eigenvalue weighted by Gasteiger charge is -2.21. The van der Waals surface area contributed by atoms with Gasteiger partial charge in [-0.3, -0.25) is 0 Å². The third-order valence-corrected chi connectivity index (χ3v) is 3.59. The fraction of sp³-hybridized carbons (Fsp3) is 0.462. The second-order valence-electron chi connectivity index (χ2n) is 5.05. The molecule has 0 unspecified atom stereocenters. The third kappa shape index (κ3) is 3.16. The smallest absolute Gasteiger partial charge is 0.407 e. The van der Waals surface area contributed by atoms with Gasteiger partial charge in [0.05, 0.1) is 6.04 Å². The minimum absolute atomic E-state index is 0.0199. The summed E-state index contributed by atoms with van der Waals surface area (Å²) in [4.78, 5) is 12.3. The number of thioether (sulfide) groups is 1. The van der Waals surface area contributed by atoms with E-state index in [1.165, 1.54) is 4.90 Å². The van der Waals surface area contributed by atoms with E-state index in [2.05, 4.69) is 32.2 Å². The van der Waals surface area contributed by atoms with E-state index >= 15 is 0 Å². The zero-order valence-electron chi connectivity index (χ0n) is 10.3. The summed E-state index contributed by atoms with van der Waals surface area (Å²) in [5, 5.41) is 2.82. The molecule has 1 fully saturated rings. The average molecular weight is 251 g/mol. The number of cyclic esters (lactones) is 1. The first-order valence-corrected chi connectivity index (χ1v) is 6.48. The summed E-state index contributed by atoms with van der Waals surface area (Å²) in [6.07, 6.45) is -0.328. The van der Waals surface area contributed by atoms with E-state index in [0.29, 0.717) is 6.61 Å². The summed E-state index contributed by atoms with van der Waals surface area (Å²) in [5.41, 5.74) is 1.14. The normalized spacial score (nSPS) is 19.9. The van der Waals surface area contributed by atoms with E-state index in [9.17, 15) is 4.79 Å². The van der Waals surface area contributed by atoms with E-state index in [4.69, 9.17) is 4.74 Å². The Balaban J connectivity index is 2.24. The Labute approximate surface area is 106 Å². The van der Waals surface area contributed by atoms with Gasteiger partial charge in [0.1, 0.15) is 6.61 Å². The van der Waals surface area contributed by atoms with Gasteiger partial charge in [-0.05, 0) is 11.6 Å². The quantitative estimate of drug-likeness (QED) is 0.819. The lowest BCUT2D eigenvalue weighted by Crippen LogP contribution is -2.19. The molecule has 1 atom stereocenters. The number of nitrogens with one attached hydrogen (secondary N) is 1. The molecule has 1 heterocycles. The molecule has 17 heavy (non-hydrogen) atoms. The number of rotatable bonds is 2. The molecule has 1 saturated heterocycles. The Morgan fingerprint density at radius 3 is 2.65 bits per heavy atom. The van der Waals surface area contributed by atoms with Gasteiger partial charge in [-0.1, -0.05) is 39.0 Å². The Kier molecular flexibility index (Phi) is 3.33. The van der Waals surface area contributed by atoms with Gasteiger partial charge in [-0.15, -0.1) is 11.8 Å². The molecule has 0 aromatic heterocycles. The third-order valence-electron chi connectivity index (χ3n) is 2.38. The van der Waals surface area contributed by atoms with E-state index in [1.807, 2.05) is 30.0 Å². The van der Waals surface area contributed by atoms with Crippen LogP contribution in [0, 0.1) is 0 Å². The van der Waals surface area contributed by atoms with Crippen molar-refractivity contribution < 1.29 is 9.53 Å². The van der Waals surface area contributed by atoms with Gasteiger partial charge >= 0.3 is 6.09 Å². The van der Waals surface area contributed by atoms with Crippen LogP contribution in [0.25, 0.3) is 0 Å². The molecule has 0 radical (unpaired) electrons. The first-order chi connectivity index (χ1) is 7.96. The summed E-state index contributed by atoms with van der Waals surface area (Å²) in [7, 11) is 0. The maximum atomic E-state index is 11.1. The van der Waals surface area contributed by atoms with E-state index in [1.54, 1.807) is 0 Å². The highest BCUT2D eigenvalue weighted by Crippen LogP contribution is 2.36. The van der Waals surface area contributed by atoms with Gasteiger partial charge < -0.3 is 10.1 Å². The van der Waals surface area contributed by atoms with E-state index in [0.717, 1.165) is 5.56 Å². The van der Waals surface area contributed by atoms with Crippen molar-refractivity contribution in [1.82, 2.24) is 5.32 Å². The maximum absolute atomic E-state index is 11.1. The molecule has 1 amide bonds. The van der Waals surface area contributed by atoms with Crippen molar-refractivity contribution in [3.8, 4) is 0 Å². The molecular weight excluding hydrogens is 234 g/mol. The number of carbonyl (C=O) groups is 1. The van der Waals surface area contributed by atoms with Crippen LogP contribution < -0.4 is 5.32 Å². The van der Waals surface area contributed by atoms with Crippen molar-refractivity contribution in [2.45, 2.75) is 36.5 Å². The van der Waals surface area contributed by atoms with Crippen LogP contribution in [0.5, 0.6) is 0 Å². The van der Waals surface area contributed by atoms with Crippen LogP contribution in [0.15, 0.2) is 29.2 Å². The van der Waals surface area contributed by atoms with Gasteiger partial charge in [0.25, 0.3) is 0 Å². The number of hydrogen-bond donors (Lipinski definition) is 1. The molecule has 1 aliphatic rings. The first kappa shape index (κ1) is 12.3. The van der Waals surface area contributed by atoms with Crippen LogP contribution in [-0.2, 0) is 4.74 Å². The van der Waals surface area contributed by atoms with Gasteiger partial charge in [0.15, 0.2) is 0 Å². The second kappa shape index (κ2) is 4.61. The second-order valence-corrected chi connectivity index (χ2v) is 6.92. The molecule has 0 bridgehead atoms. The molecular formula is C13H17NO2S. The molecule has 0 saturated carbocycles. The highest BCUT2D eigenvalue weighted by molar-refractivity contribution is 8.00. The summed E-state index contributed by atoms with van der Waals surface area (Å²) in [5.74, 6) is 0. The number of amides is 1. The highest BCUT2D eigenvalue weighted by Gasteiger charge is 2.26. The predicted molar refractivity (Wildman–Crippen MR) is 69.3 cm³/mol. The van der Waals surface area contributed by atoms with Gasteiger partial charge in [0.2, 0.25) is 0 Å². The van der Waals surface area contributed by atoms with Crippen molar-refractivity contribution >= 4 is 17.9 Å². The van der Waals surface area contributed by atoms with Crippen molar-refractivity contribution in [2.24, 2.45) is 0 Å². The Morgan fingerprint density at radius 1 is 1.35 bits per heavy atom. The predicted octanol–water partition coefficient (Wildman–Crippen LogP) is 3.36. The molecule has 1 aromatic rings. The Morgan fingerprint density at radius 2 is 2.06 bits per heavy atom. The van der Waals surface area contributed by atoms with Crippen LogP contribution in [0.3, 0.4) is 0 Å². The summed E-state index contributed by atoms with van der Waals surface area (Å²) in [6, 6.07) is 8.14. The van der Waals surface area contributed by atoms with Crippen LogP contribution in [-0.4, -0.2) is 17.4 Å². The van der Waals surface area contributed by atoms with Gasteiger partial charge in [-0.25, -0.2) is 4.79 Å². The van der Waals surface area contributed by atoms with Crippen molar-refractivity contribution in [3.05, 3.63) is 29.8 Å². The van der Waals surface area contributed by atoms with Crippen LogP contribution in [0.1, 0.15) is 32.4 Å². The zero-order chi connectivity index (χ0) is 12.5. The van der Waals surface area contributed by atoms with Gasteiger partial charge in [-0.2, -0.15) is 0 Å². The van der Waals surface area contributed by atoms with E-state index in [-0.39, 0.29) is 16.9 Å². The lowest BCUT2D eigenvalue weighted by molar-refractivity contribution is 0.177. The molecule has 92 valence electrons.